The molecule has 0 N–H and O–H groups in total. The van der Waals surface area contributed by atoms with Gasteiger partial charge in [-0.25, -0.2) is 12.2 Å². The standard InChI is InChI=1S/C15H8BrS.C5H5.2ClH.Zr/c16-10-5-6-11-9(7-10)8-13-12-3-1-2-4-14(12)17-15(11)13;1-2-4-5-3-1;;;/h1-8H;1-3H,4H2;2*1H;/q2*-1;;;+4/p-2. The maximum Gasteiger partial charge on any atom is 4.00 e. The Morgan fingerprint density at radius 1 is 1.04 bits per heavy atom. The van der Waals surface area contributed by atoms with Crippen LogP contribution in [-0.4, -0.2) is 0 Å². The molecule has 0 aliphatic heterocycles. The summed E-state index contributed by atoms with van der Waals surface area (Å²) in [5.41, 5.74) is 2.69. The van der Waals surface area contributed by atoms with Gasteiger partial charge in [0.25, 0.3) is 0 Å². The van der Waals surface area contributed by atoms with Crippen LogP contribution in [0.4, 0.5) is 0 Å². The molecule has 0 nitrogen and oxygen atoms in total. The van der Waals surface area contributed by atoms with Gasteiger partial charge in [-0.15, -0.1) is 47.6 Å². The number of thiophene rings is 1. The first-order valence-electron chi connectivity index (χ1n) is 7.21. The Morgan fingerprint density at radius 3 is 2.52 bits per heavy atom. The van der Waals surface area contributed by atoms with Gasteiger partial charge in [-0.1, -0.05) is 44.2 Å². The third kappa shape index (κ3) is 4.70. The van der Waals surface area contributed by atoms with Crippen LogP contribution in [0.5, 0.6) is 0 Å². The molecule has 0 amide bonds. The molecule has 3 aliphatic carbocycles. The van der Waals surface area contributed by atoms with E-state index < -0.39 is 0 Å². The topological polar surface area (TPSA) is 0 Å². The molecule has 0 spiro atoms. The fraction of sp³-hybridized carbons (Fsp3) is 0.0500. The number of allylic oxidation sites excluding steroid dienone is 4. The van der Waals surface area contributed by atoms with Crippen LogP contribution in [0.3, 0.4) is 0 Å². The summed E-state index contributed by atoms with van der Waals surface area (Å²) in [4.78, 5) is 0. The van der Waals surface area contributed by atoms with Gasteiger partial charge >= 0.3 is 26.2 Å². The molecule has 0 saturated heterocycles. The van der Waals surface area contributed by atoms with E-state index in [1.165, 1.54) is 31.3 Å². The minimum atomic E-state index is 0. The maximum atomic E-state index is 3.53. The molecule has 0 bridgehead atoms. The minimum Gasteiger partial charge on any atom is -1.00 e. The molecule has 1 heterocycles. The number of rotatable bonds is 0. The Balaban J connectivity index is 0.000000344. The van der Waals surface area contributed by atoms with Crippen molar-refractivity contribution in [3.05, 3.63) is 77.3 Å². The van der Waals surface area contributed by atoms with Crippen LogP contribution in [0.1, 0.15) is 6.42 Å². The molecule has 1 aromatic heterocycles. The number of hydrogen-bond donors (Lipinski definition) is 0. The molecular weight excluding hydrogens is 514 g/mol. The van der Waals surface area contributed by atoms with Gasteiger partial charge in [0, 0.05) is 4.70 Å². The molecule has 5 rings (SSSR count). The summed E-state index contributed by atoms with van der Waals surface area (Å²) in [6.07, 6.45) is 10.0. The number of halogens is 3. The monoisotopic (exact) mass is 524 g/mol. The van der Waals surface area contributed by atoms with E-state index in [0.29, 0.717) is 0 Å². The van der Waals surface area contributed by atoms with Crippen LogP contribution < -0.4 is 24.8 Å². The molecule has 0 saturated carbocycles. The first kappa shape index (κ1) is 22.7. The molecule has 0 radical (unpaired) electrons. The van der Waals surface area contributed by atoms with Crippen molar-refractivity contribution in [2.75, 3.05) is 0 Å². The van der Waals surface area contributed by atoms with Crippen molar-refractivity contribution in [1.29, 1.82) is 0 Å². The smallest absolute Gasteiger partial charge is 1.00 e. The summed E-state index contributed by atoms with van der Waals surface area (Å²) in [7, 11) is 0. The Hall–Kier alpha value is -0.307. The Labute approximate surface area is 191 Å². The second kappa shape index (κ2) is 10.1. The van der Waals surface area contributed by atoms with Crippen LogP contribution in [0.25, 0.3) is 31.3 Å². The fourth-order valence-electron chi connectivity index (χ4n) is 2.76. The molecule has 25 heavy (non-hydrogen) atoms. The Bertz CT molecular complexity index is 974. The SMILES string of the molecule is Brc1ccc2c3sc4ccccc4c3cc-2[cH-]1.[C-]1=CC=CC1.[Cl-].[Cl-].[Zr+4]. The Kier molecular flexibility index (Phi) is 9.22. The van der Waals surface area contributed by atoms with Crippen LogP contribution in [0, 0.1) is 6.08 Å². The second-order valence-electron chi connectivity index (χ2n) is 5.22. The quantitative estimate of drug-likeness (QED) is 0.299. The van der Waals surface area contributed by atoms with Crippen LogP contribution in [0.2, 0.25) is 0 Å². The largest absolute Gasteiger partial charge is 4.00 e. The number of hydrogen-bond acceptors (Lipinski definition) is 1. The molecule has 3 aliphatic rings. The average Bonchev–Trinajstić information content (AvgIpc) is 3.24. The van der Waals surface area contributed by atoms with Gasteiger partial charge in [0.2, 0.25) is 0 Å². The summed E-state index contributed by atoms with van der Waals surface area (Å²) < 4.78 is 3.93. The molecule has 2 aromatic rings. The molecule has 1 aromatic carbocycles. The summed E-state index contributed by atoms with van der Waals surface area (Å²) in [6.45, 7) is 0. The van der Waals surface area contributed by atoms with E-state index in [4.69, 9.17) is 0 Å². The van der Waals surface area contributed by atoms with Gasteiger partial charge < -0.3 is 24.8 Å². The van der Waals surface area contributed by atoms with E-state index in [-0.39, 0.29) is 51.0 Å². The number of fused-ring (bicyclic) bond motifs is 5. The fourth-order valence-corrected chi connectivity index (χ4v) is 4.37. The molecule has 5 heteroatoms. The van der Waals surface area contributed by atoms with Gasteiger partial charge in [0.05, 0.1) is 0 Å². The van der Waals surface area contributed by atoms with Crippen molar-refractivity contribution in [1.82, 2.24) is 0 Å². The maximum absolute atomic E-state index is 3.53. The number of benzene rings is 2. The third-order valence-electron chi connectivity index (χ3n) is 3.78. The Morgan fingerprint density at radius 2 is 1.84 bits per heavy atom. The normalized spacial score (nSPS) is 11.6. The van der Waals surface area contributed by atoms with Crippen molar-refractivity contribution in [3.8, 4) is 11.1 Å². The first-order chi connectivity index (χ1) is 10.8. The predicted octanol–water partition coefficient (Wildman–Crippen LogP) is 0.952. The zero-order valence-corrected chi connectivity index (χ0v) is 19.5. The summed E-state index contributed by atoms with van der Waals surface area (Å²) >= 11 is 5.42. The molecule has 0 fully saturated rings. The summed E-state index contributed by atoms with van der Waals surface area (Å²) in [6, 6.07) is 17.4. The second-order valence-corrected chi connectivity index (χ2v) is 7.19. The first-order valence-corrected chi connectivity index (χ1v) is 8.82. The average molecular weight is 527 g/mol. The van der Waals surface area contributed by atoms with E-state index in [1.54, 1.807) is 0 Å². The van der Waals surface area contributed by atoms with Crippen molar-refractivity contribution < 1.29 is 51.0 Å². The summed E-state index contributed by atoms with van der Waals surface area (Å²) in [5.74, 6) is 0. The van der Waals surface area contributed by atoms with Gasteiger partial charge in [-0.2, -0.15) is 6.08 Å². The van der Waals surface area contributed by atoms with Crippen molar-refractivity contribution in [3.63, 3.8) is 0 Å². The van der Waals surface area contributed by atoms with E-state index in [9.17, 15) is 0 Å². The van der Waals surface area contributed by atoms with Crippen molar-refractivity contribution >= 4 is 47.4 Å². The van der Waals surface area contributed by atoms with Crippen LogP contribution in [0.15, 0.2) is 71.2 Å². The van der Waals surface area contributed by atoms with E-state index in [2.05, 4.69) is 76.6 Å². The van der Waals surface area contributed by atoms with Crippen LogP contribution >= 0.6 is 27.3 Å². The molecule has 0 unspecified atom stereocenters. The van der Waals surface area contributed by atoms with Crippen molar-refractivity contribution in [2.24, 2.45) is 0 Å². The van der Waals surface area contributed by atoms with Gasteiger partial charge in [0.1, 0.15) is 0 Å². The van der Waals surface area contributed by atoms with Crippen LogP contribution in [-0.2, 0) is 26.2 Å². The molecule has 0 atom stereocenters. The van der Waals surface area contributed by atoms with E-state index in [1.807, 2.05) is 23.5 Å². The third-order valence-corrected chi connectivity index (χ3v) is 5.49. The zero-order chi connectivity index (χ0) is 14.9. The van der Waals surface area contributed by atoms with Gasteiger partial charge in [0.15, 0.2) is 0 Å². The van der Waals surface area contributed by atoms with Crippen molar-refractivity contribution in [2.45, 2.75) is 6.42 Å². The molecule has 124 valence electrons. The summed E-state index contributed by atoms with van der Waals surface area (Å²) in [5, 5.41) is 2.76. The predicted molar refractivity (Wildman–Crippen MR) is 101 cm³/mol. The molecular formula is C20H13BrCl2SZr. The van der Waals surface area contributed by atoms with Gasteiger partial charge in [-0.05, 0) is 21.5 Å². The van der Waals surface area contributed by atoms with E-state index in [0.717, 1.165) is 10.9 Å². The van der Waals surface area contributed by atoms with E-state index >= 15 is 0 Å². The zero-order valence-electron chi connectivity index (χ0n) is 13.1. The van der Waals surface area contributed by atoms with Gasteiger partial charge in [-0.3, -0.25) is 6.08 Å². The minimum absolute atomic E-state index is 0.